The van der Waals surface area contributed by atoms with Crippen LogP contribution in [-0.4, -0.2) is 58.3 Å². The first-order valence-corrected chi connectivity index (χ1v) is 7.82. The summed E-state index contributed by atoms with van der Waals surface area (Å²) in [6.45, 7) is 3.39. The number of imidazole rings is 1. The van der Waals surface area contributed by atoms with Gasteiger partial charge in [0.15, 0.2) is 0 Å². The highest BCUT2D eigenvalue weighted by Crippen LogP contribution is 2.20. The van der Waals surface area contributed by atoms with E-state index in [1.54, 1.807) is 4.90 Å². The third kappa shape index (κ3) is 3.28. The number of aromatic nitrogens is 2. The number of nitrogens with zero attached hydrogens (tertiary/aromatic N) is 2. The quantitative estimate of drug-likeness (QED) is 0.898. The van der Waals surface area contributed by atoms with Gasteiger partial charge in [0.05, 0.1) is 19.3 Å². The molecule has 1 saturated heterocycles. The summed E-state index contributed by atoms with van der Waals surface area (Å²) >= 11 is 0. The third-order valence-corrected chi connectivity index (χ3v) is 4.09. The van der Waals surface area contributed by atoms with Crippen LogP contribution in [0.1, 0.15) is 22.6 Å². The van der Waals surface area contributed by atoms with Gasteiger partial charge in [-0.05, 0) is 13.3 Å². The molecule has 2 N–H and O–H groups in total. The van der Waals surface area contributed by atoms with Crippen molar-refractivity contribution in [1.29, 1.82) is 0 Å². The molecule has 6 nitrogen and oxygen atoms in total. The number of hydrogen-bond acceptors (Lipinski definition) is 4. The smallest absolute Gasteiger partial charge is 0.274 e. The Morgan fingerprint density at radius 1 is 1.43 bits per heavy atom. The van der Waals surface area contributed by atoms with E-state index in [2.05, 4.69) is 9.97 Å². The molecule has 0 radical (unpaired) electrons. The average molecular weight is 315 g/mol. The molecule has 122 valence electrons. The van der Waals surface area contributed by atoms with Gasteiger partial charge >= 0.3 is 0 Å². The van der Waals surface area contributed by atoms with Crippen LogP contribution in [0, 0.1) is 6.92 Å². The Morgan fingerprint density at radius 3 is 2.96 bits per heavy atom. The SMILES string of the molecule is Cc1[nH]c(-c2ccccc2)nc1C(=O)N1CCOCC1CCO. The van der Waals surface area contributed by atoms with Crippen LogP contribution in [0.2, 0.25) is 0 Å². The predicted octanol–water partition coefficient (Wildman–Crippen LogP) is 1.61. The summed E-state index contributed by atoms with van der Waals surface area (Å²) in [6, 6.07) is 9.63. The Hall–Kier alpha value is -2.18. The van der Waals surface area contributed by atoms with Crippen molar-refractivity contribution in [2.75, 3.05) is 26.4 Å². The summed E-state index contributed by atoms with van der Waals surface area (Å²) in [6.07, 6.45) is 0.515. The fourth-order valence-electron chi connectivity index (χ4n) is 2.85. The van der Waals surface area contributed by atoms with Gasteiger partial charge in [0.25, 0.3) is 5.91 Å². The number of amides is 1. The lowest BCUT2D eigenvalue weighted by atomic mass is 10.1. The van der Waals surface area contributed by atoms with E-state index in [0.717, 1.165) is 11.3 Å². The number of benzene rings is 1. The average Bonchev–Trinajstić information content (AvgIpc) is 2.98. The number of nitrogens with one attached hydrogen (secondary N) is 1. The highest BCUT2D eigenvalue weighted by Gasteiger charge is 2.30. The Kier molecular flexibility index (Phi) is 4.73. The molecule has 0 saturated carbocycles. The van der Waals surface area contributed by atoms with Gasteiger partial charge < -0.3 is 19.7 Å². The van der Waals surface area contributed by atoms with Crippen molar-refractivity contribution in [3.63, 3.8) is 0 Å². The summed E-state index contributed by atoms with van der Waals surface area (Å²) < 4.78 is 5.42. The number of rotatable bonds is 4. The van der Waals surface area contributed by atoms with Crippen LogP contribution in [0.25, 0.3) is 11.4 Å². The van der Waals surface area contributed by atoms with Crippen molar-refractivity contribution in [3.05, 3.63) is 41.7 Å². The van der Waals surface area contributed by atoms with Crippen LogP contribution in [0.15, 0.2) is 30.3 Å². The lowest BCUT2D eigenvalue weighted by Gasteiger charge is -2.35. The van der Waals surface area contributed by atoms with E-state index in [4.69, 9.17) is 4.74 Å². The monoisotopic (exact) mass is 315 g/mol. The topological polar surface area (TPSA) is 78.5 Å². The molecule has 1 atom stereocenters. The summed E-state index contributed by atoms with van der Waals surface area (Å²) in [5.41, 5.74) is 2.14. The maximum atomic E-state index is 12.9. The Bertz CT molecular complexity index is 667. The highest BCUT2D eigenvalue weighted by atomic mass is 16.5. The van der Waals surface area contributed by atoms with E-state index in [9.17, 15) is 9.90 Å². The fourth-order valence-corrected chi connectivity index (χ4v) is 2.85. The van der Waals surface area contributed by atoms with Crippen molar-refractivity contribution < 1.29 is 14.6 Å². The Balaban J connectivity index is 1.86. The van der Waals surface area contributed by atoms with E-state index < -0.39 is 0 Å². The molecule has 1 aliphatic heterocycles. The van der Waals surface area contributed by atoms with Gasteiger partial charge in [-0.25, -0.2) is 4.98 Å². The second kappa shape index (κ2) is 6.93. The molecule has 23 heavy (non-hydrogen) atoms. The first kappa shape index (κ1) is 15.7. The summed E-state index contributed by atoms with van der Waals surface area (Å²) in [5.74, 6) is 0.584. The zero-order valence-corrected chi connectivity index (χ0v) is 13.2. The fraction of sp³-hybridized carbons (Fsp3) is 0.412. The first-order chi connectivity index (χ1) is 11.2. The minimum absolute atomic E-state index is 0.0343. The third-order valence-electron chi connectivity index (χ3n) is 4.09. The lowest BCUT2D eigenvalue weighted by molar-refractivity contribution is -0.00859. The molecule has 1 fully saturated rings. The van der Waals surface area contributed by atoms with E-state index >= 15 is 0 Å². The van der Waals surface area contributed by atoms with Gasteiger partial charge in [0.2, 0.25) is 0 Å². The minimum Gasteiger partial charge on any atom is -0.396 e. The molecule has 1 aliphatic rings. The maximum absolute atomic E-state index is 12.9. The molecule has 1 unspecified atom stereocenters. The van der Waals surface area contributed by atoms with E-state index in [1.165, 1.54) is 0 Å². The Labute approximate surface area is 135 Å². The lowest BCUT2D eigenvalue weighted by Crippen LogP contribution is -2.49. The number of carbonyl (C=O) groups excluding carboxylic acids is 1. The predicted molar refractivity (Wildman–Crippen MR) is 86.1 cm³/mol. The molecule has 1 amide bonds. The number of ether oxygens (including phenoxy) is 1. The molecular formula is C17H21N3O3. The van der Waals surface area contributed by atoms with Gasteiger partial charge in [-0.15, -0.1) is 0 Å². The van der Waals surface area contributed by atoms with Crippen molar-refractivity contribution in [3.8, 4) is 11.4 Å². The number of H-pyrrole nitrogens is 1. The van der Waals surface area contributed by atoms with Crippen molar-refractivity contribution in [2.24, 2.45) is 0 Å². The van der Waals surface area contributed by atoms with Crippen LogP contribution < -0.4 is 0 Å². The zero-order chi connectivity index (χ0) is 16.2. The van der Waals surface area contributed by atoms with Gasteiger partial charge in [-0.1, -0.05) is 30.3 Å². The van der Waals surface area contributed by atoms with Crippen LogP contribution in [0.5, 0.6) is 0 Å². The zero-order valence-electron chi connectivity index (χ0n) is 13.2. The normalized spacial score (nSPS) is 18.2. The van der Waals surface area contributed by atoms with Gasteiger partial charge in [0.1, 0.15) is 11.5 Å². The summed E-state index contributed by atoms with van der Waals surface area (Å²) in [7, 11) is 0. The van der Waals surface area contributed by atoms with Crippen LogP contribution in [0.4, 0.5) is 0 Å². The molecule has 2 aromatic rings. The molecule has 0 spiro atoms. The van der Waals surface area contributed by atoms with Crippen LogP contribution >= 0.6 is 0 Å². The number of aromatic amines is 1. The van der Waals surface area contributed by atoms with Crippen LogP contribution in [0.3, 0.4) is 0 Å². The molecule has 2 heterocycles. The van der Waals surface area contributed by atoms with Gasteiger partial charge in [-0.3, -0.25) is 4.79 Å². The summed E-state index contributed by atoms with van der Waals surface area (Å²) in [5, 5.41) is 9.18. The molecular weight excluding hydrogens is 294 g/mol. The van der Waals surface area contributed by atoms with Crippen LogP contribution in [-0.2, 0) is 4.74 Å². The van der Waals surface area contributed by atoms with E-state index in [0.29, 0.717) is 37.7 Å². The van der Waals surface area contributed by atoms with E-state index in [-0.39, 0.29) is 18.6 Å². The molecule has 1 aromatic carbocycles. The Morgan fingerprint density at radius 2 is 2.22 bits per heavy atom. The highest BCUT2D eigenvalue weighted by molar-refractivity contribution is 5.94. The summed E-state index contributed by atoms with van der Waals surface area (Å²) in [4.78, 5) is 22.3. The number of aliphatic hydroxyl groups is 1. The number of morpholine rings is 1. The molecule has 0 bridgehead atoms. The standard InChI is InChI=1S/C17H21N3O3/c1-12-15(19-16(18-12)13-5-3-2-4-6-13)17(22)20-8-10-23-11-14(20)7-9-21/h2-6,14,21H,7-11H2,1H3,(H,18,19). The molecule has 1 aromatic heterocycles. The van der Waals surface area contributed by atoms with Crippen molar-refractivity contribution in [2.45, 2.75) is 19.4 Å². The second-order valence-electron chi connectivity index (χ2n) is 5.66. The first-order valence-electron chi connectivity index (χ1n) is 7.82. The number of aryl methyl sites for hydroxylation is 1. The molecule has 0 aliphatic carbocycles. The van der Waals surface area contributed by atoms with Gasteiger partial charge in [0, 0.05) is 24.4 Å². The molecule has 6 heteroatoms. The number of hydrogen-bond donors (Lipinski definition) is 2. The largest absolute Gasteiger partial charge is 0.396 e. The molecule has 3 rings (SSSR count). The second-order valence-corrected chi connectivity index (χ2v) is 5.66. The van der Waals surface area contributed by atoms with Crippen molar-refractivity contribution >= 4 is 5.91 Å². The maximum Gasteiger partial charge on any atom is 0.274 e. The van der Waals surface area contributed by atoms with E-state index in [1.807, 2.05) is 37.3 Å². The minimum atomic E-state index is -0.109. The van der Waals surface area contributed by atoms with Crippen molar-refractivity contribution in [1.82, 2.24) is 14.9 Å². The van der Waals surface area contributed by atoms with Gasteiger partial charge in [-0.2, -0.15) is 0 Å². The number of carbonyl (C=O) groups is 1. The number of aliphatic hydroxyl groups excluding tert-OH is 1.